The number of carbonyl (C=O) groups is 2. The van der Waals surface area contributed by atoms with E-state index in [-0.39, 0.29) is 29.5 Å². The summed E-state index contributed by atoms with van der Waals surface area (Å²) in [4.78, 5) is 38.3. The first kappa shape index (κ1) is 20.3. The zero-order chi connectivity index (χ0) is 22.4. The van der Waals surface area contributed by atoms with E-state index in [9.17, 15) is 19.7 Å². The average Bonchev–Trinajstić information content (AvgIpc) is 2.79. The van der Waals surface area contributed by atoms with Crippen LogP contribution in [0.3, 0.4) is 0 Å². The Bertz CT molecular complexity index is 1120. The molecule has 166 valence electrons. The van der Waals surface area contributed by atoms with Crippen LogP contribution < -0.4 is 20.3 Å². The number of amides is 2. The first-order chi connectivity index (χ1) is 15.4. The van der Waals surface area contributed by atoms with Crippen molar-refractivity contribution in [1.29, 1.82) is 0 Å². The molecule has 0 aliphatic carbocycles. The van der Waals surface area contributed by atoms with Gasteiger partial charge in [-0.15, -0.1) is 0 Å². The third-order valence-electron chi connectivity index (χ3n) is 6.55. The van der Waals surface area contributed by atoms with E-state index in [0.717, 1.165) is 37.1 Å². The highest BCUT2D eigenvalue weighted by molar-refractivity contribution is 5.99. The van der Waals surface area contributed by atoms with Gasteiger partial charge in [0, 0.05) is 36.1 Å². The highest BCUT2D eigenvalue weighted by atomic mass is 16.6. The molecule has 9 nitrogen and oxygen atoms in total. The molecule has 0 aromatic heterocycles. The van der Waals surface area contributed by atoms with Crippen molar-refractivity contribution in [3.05, 3.63) is 52.1 Å². The van der Waals surface area contributed by atoms with E-state index in [1.165, 1.54) is 6.07 Å². The number of anilines is 3. The van der Waals surface area contributed by atoms with Crippen LogP contribution in [-0.2, 0) is 16.0 Å². The minimum atomic E-state index is -0.563. The normalized spacial score (nSPS) is 23.7. The third kappa shape index (κ3) is 3.53. The largest absolute Gasteiger partial charge is 0.479 e. The maximum Gasteiger partial charge on any atom is 0.269 e. The van der Waals surface area contributed by atoms with Gasteiger partial charge in [0.25, 0.3) is 11.6 Å². The minimum Gasteiger partial charge on any atom is -0.479 e. The Morgan fingerprint density at radius 2 is 2.09 bits per heavy atom. The lowest BCUT2D eigenvalue weighted by atomic mass is 9.80. The molecule has 2 aromatic carbocycles. The molecule has 2 aromatic rings. The van der Waals surface area contributed by atoms with Gasteiger partial charge in [-0.05, 0) is 62.4 Å². The number of carbonyl (C=O) groups excluding carboxylic acids is 2. The molecule has 9 heteroatoms. The summed E-state index contributed by atoms with van der Waals surface area (Å²) in [7, 11) is 0. The number of rotatable bonds is 3. The molecular weight excluding hydrogens is 412 g/mol. The van der Waals surface area contributed by atoms with Crippen LogP contribution in [0, 0.1) is 16.0 Å². The van der Waals surface area contributed by atoms with Gasteiger partial charge in [0.15, 0.2) is 6.10 Å². The van der Waals surface area contributed by atoms with E-state index < -0.39 is 11.0 Å². The van der Waals surface area contributed by atoms with Gasteiger partial charge in [0.2, 0.25) is 5.91 Å². The number of nitrogens with one attached hydrogen (secondary N) is 2. The summed E-state index contributed by atoms with van der Waals surface area (Å²) in [6.45, 7) is 2.51. The van der Waals surface area contributed by atoms with Gasteiger partial charge >= 0.3 is 0 Å². The molecule has 0 radical (unpaired) electrons. The number of nitro groups is 1. The number of piperidine rings is 1. The molecule has 1 saturated heterocycles. The Kier molecular flexibility index (Phi) is 4.96. The maximum atomic E-state index is 13.3. The van der Waals surface area contributed by atoms with Gasteiger partial charge in [0.1, 0.15) is 5.75 Å². The maximum absolute atomic E-state index is 13.3. The molecule has 3 aliphatic rings. The molecule has 5 rings (SSSR count). The van der Waals surface area contributed by atoms with Crippen molar-refractivity contribution < 1.29 is 19.2 Å². The fourth-order valence-electron chi connectivity index (χ4n) is 4.97. The number of hydrogen-bond donors (Lipinski definition) is 2. The SMILES string of the molecule is C[C@@H]1Oc2ccc(NC(=O)[C@H]3Cc4cc([N+](=O)[O-])ccc4N4CCCC[C@@H]34)cc2NC1=O. The van der Waals surface area contributed by atoms with Crippen LogP contribution in [-0.4, -0.2) is 35.4 Å². The number of non-ortho nitro benzene ring substituents is 1. The van der Waals surface area contributed by atoms with E-state index in [0.29, 0.717) is 23.5 Å². The van der Waals surface area contributed by atoms with E-state index >= 15 is 0 Å². The van der Waals surface area contributed by atoms with Gasteiger partial charge < -0.3 is 20.3 Å². The van der Waals surface area contributed by atoms with E-state index in [2.05, 4.69) is 15.5 Å². The monoisotopic (exact) mass is 436 g/mol. The standard InChI is InChI=1S/C23H24N4O5/c1-13-22(28)25-18-12-15(5-8-21(18)32-13)24-23(29)17-11-14-10-16(27(30)31)6-7-19(14)26-9-3-2-4-20(17)26/h5-8,10,12-13,17,20H,2-4,9,11H2,1H3,(H,24,29)(H,25,28)/t13-,17-,20-/m0/s1. The van der Waals surface area contributed by atoms with Gasteiger partial charge in [-0.1, -0.05) is 0 Å². The van der Waals surface area contributed by atoms with Crippen LogP contribution in [0.15, 0.2) is 36.4 Å². The number of fused-ring (bicyclic) bond motifs is 4. The smallest absolute Gasteiger partial charge is 0.269 e. The number of hydrogen-bond acceptors (Lipinski definition) is 6. The number of benzene rings is 2. The molecule has 0 saturated carbocycles. The van der Waals surface area contributed by atoms with Crippen molar-refractivity contribution in [1.82, 2.24) is 0 Å². The molecule has 0 spiro atoms. The average molecular weight is 436 g/mol. The molecule has 0 bridgehead atoms. The Balaban J connectivity index is 1.41. The molecule has 3 heterocycles. The highest BCUT2D eigenvalue weighted by Crippen LogP contribution is 2.40. The fraction of sp³-hybridized carbons (Fsp3) is 0.391. The number of ether oxygens (including phenoxy) is 1. The summed E-state index contributed by atoms with van der Waals surface area (Å²) in [6, 6.07) is 10.2. The highest BCUT2D eigenvalue weighted by Gasteiger charge is 2.40. The summed E-state index contributed by atoms with van der Waals surface area (Å²) in [5, 5.41) is 17.0. The van der Waals surface area contributed by atoms with E-state index in [4.69, 9.17) is 4.74 Å². The van der Waals surface area contributed by atoms with Gasteiger partial charge in [0.05, 0.1) is 16.5 Å². The summed E-state index contributed by atoms with van der Waals surface area (Å²) >= 11 is 0. The van der Waals surface area contributed by atoms with Crippen LogP contribution in [0.2, 0.25) is 0 Å². The van der Waals surface area contributed by atoms with Crippen LogP contribution in [0.5, 0.6) is 5.75 Å². The molecule has 3 aliphatic heterocycles. The minimum absolute atomic E-state index is 0.0398. The molecular formula is C23H24N4O5. The first-order valence-corrected chi connectivity index (χ1v) is 10.9. The zero-order valence-electron chi connectivity index (χ0n) is 17.7. The van der Waals surface area contributed by atoms with Crippen LogP contribution in [0.25, 0.3) is 0 Å². The molecule has 32 heavy (non-hydrogen) atoms. The third-order valence-corrected chi connectivity index (χ3v) is 6.55. The van der Waals surface area contributed by atoms with Crippen molar-refractivity contribution in [2.45, 2.75) is 44.8 Å². The van der Waals surface area contributed by atoms with Gasteiger partial charge in [-0.3, -0.25) is 19.7 Å². The predicted molar refractivity (Wildman–Crippen MR) is 119 cm³/mol. The van der Waals surface area contributed by atoms with Crippen molar-refractivity contribution in [3.8, 4) is 5.75 Å². The zero-order valence-corrected chi connectivity index (χ0v) is 17.7. The molecule has 2 N–H and O–H groups in total. The van der Waals surface area contributed by atoms with Gasteiger partial charge in [-0.25, -0.2) is 0 Å². The van der Waals surface area contributed by atoms with Crippen molar-refractivity contribution in [3.63, 3.8) is 0 Å². The molecule has 1 fully saturated rings. The summed E-state index contributed by atoms with van der Waals surface area (Å²) < 4.78 is 5.57. The summed E-state index contributed by atoms with van der Waals surface area (Å²) in [5.41, 5.74) is 2.96. The Labute approximate surface area is 184 Å². The fourth-order valence-corrected chi connectivity index (χ4v) is 4.97. The van der Waals surface area contributed by atoms with Crippen LogP contribution >= 0.6 is 0 Å². The van der Waals surface area contributed by atoms with Crippen LogP contribution in [0.4, 0.5) is 22.7 Å². The molecule has 0 unspecified atom stereocenters. The second-order valence-electron chi connectivity index (χ2n) is 8.59. The summed E-state index contributed by atoms with van der Waals surface area (Å²) in [5.74, 6) is -0.126. The lowest BCUT2D eigenvalue weighted by Crippen LogP contribution is -2.52. The predicted octanol–water partition coefficient (Wildman–Crippen LogP) is 3.48. The second-order valence-corrected chi connectivity index (χ2v) is 8.59. The van der Waals surface area contributed by atoms with Crippen molar-refractivity contribution >= 4 is 34.6 Å². The van der Waals surface area contributed by atoms with E-state index in [1.54, 1.807) is 31.2 Å². The topological polar surface area (TPSA) is 114 Å². The second kappa shape index (κ2) is 7.81. The quantitative estimate of drug-likeness (QED) is 0.562. The van der Waals surface area contributed by atoms with Crippen LogP contribution in [0.1, 0.15) is 31.7 Å². The Hall–Kier alpha value is -3.62. The molecule has 2 amide bonds. The summed E-state index contributed by atoms with van der Waals surface area (Å²) in [6.07, 6.45) is 2.87. The van der Waals surface area contributed by atoms with E-state index in [1.807, 2.05) is 6.07 Å². The molecule has 3 atom stereocenters. The first-order valence-electron chi connectivity index (χ1n) is 10.9. The van der Waals surface area contributed by atoms with Gasteiger partial charge in [-0.2, -0.15) is 0 Å². The van der Waals surface area contributed by atoms with Crippen molar-refractivity contribution in [2.75, 3.05) is 22.1 Å². The Morgan fingerprint density at radius 1 is 1.25 bits per heavy atom. The number of nitrogens with zero attached hydrogens (tertiary/aromatic N) is 2. The number of nitro benzene ring substituents is 1. The Morgan fingerprint density at radius 3 is 2.91 bits per heavy atom. The van der Waals surface area contributed by atoms with Crippen molar-refractivity contribution in [2.24, 2.45) is 5.92 Å². The lowest BCUT2D eigenvalue weighted by molar-refractivity contribution is -0.384. The lowest BCUT2D eigenvalue weighted by Gasteiger charge is -2.45.